The third-order valence-corrected chi connectivity index (χ3v) is 5.88. The largest absolute Gasteiger partial charge is 0.392 e. The zero-order valence-electron chi connectivity index (χ0n) is 11.8. The predicted octanol–water partition coefficient (Wildman–Crippen LogP) is 2.19. The second-order valence-electron chi connectivity index (χ2n) is 5.33. The Morgan fingerprint density at radius 3 is 2.50 bits per heavy atom. The number of nitrogens with zero attached hydrogens (tertiary/aromatic N) is 1. The maximum absolute atomic E-state index is 13.7. The number of hydrogen-bond donors (Lipinski definition) is 1. The summed E-state index contributed by atoms with van der Waals surface area (Å²) < 4.78 is 40.2. The number of aliphatic hydroxyl groups excluding tert-OH is 1. The van der Waals surface area contributed by atoms with Crippen LogP contribution in [0.25, 0.3) is 0 Å². The smallest absolute Gasteiger partial charge is 0.243 e. The van der Waals surface area contributed by atoms with Gasteiger partial charge >= 0.3 is 0 Å². The fourth-order valence-corrected chi connectivity index (χ4v) is 4.25. The van der Waals surface area contributed by atoms with Gasteiger partial charge in [-0.25, -0.2) is 12.8 Å². The first-order valence-corrected chi connectivity index (χ1v) is 8.20. The summed E-state index contributed by atoms with van der Waals surface area (Å²) in [5.74, 6) is -0.546. The Labute approximate surface area is 119 Å². The molecule has 0 spiro atoms. The van der Waals surface area contributed by atoms with E-state index >= 15 is 0 Å². The second-order valence-corrected chi connectivity index (χ2v) is 7.33. The molecule has 0 saturated heterocycles. The van der Waals surface area contributed by atoms with E-state index in [0.717, 1.165) is 25.7 Å². The maximum Gasteiger partial charge on any atom is 0.243 e. The summed E-state index contributed by atoms with van der Waals surface area (Å²) in [4.78, 5) is 0.0508. The van der Waals surface area contributed by atoms with E-state index < -0.39 is 22.4 Å². The summed E-state index contributed by atoms with van der Waals surface area (Å²) in [6.07, 6.45) is 3.80. The zero-order valence-corrected chi connectivity index (χ0v) is 12.6. The molecule has 0 radical (unpaired) electrons. The molecule has 1 fully saturated rings. The highest BCUT2D eigenvalue weighted by Gasteiger charge is 2.30. The van der Waals surface area contributed by atoms with Gasteiger partial charge in [-0.15, -0.1) is 0 Å². The van der Waals surface area contributed by atoms with Gasteiger partial charge in [0.15, 0.2) is 0 Å². The topological polar surface area (TPSA) is 57.6 Å². The van der Waals surface area contributed by atoms with E-state index in [0.29, 0.717) is 0 Å². The van der Waals surface area contributed by atoms with Crippen molar-refractivity contribution in [3.05, 3.63) is 29.1 Å². The van der Waals surface area contributed by atoms with Gasteiger partial charge in [0.05, 0.1) is 11.5 Å². The Balaban J connectivity index is 2.41. The number of aliphatic hydroxyl groups is 1. The molecule has 112 valence electrons. The van der Waals surface area contributed by atoms with Crippen molar-refractivity contribution in [1.82, 2.24) is 4.31 Å². The molecule has 4 nitrogen and oxygen atoms in total. The molecule has 0 heterocycles. The van der Waals surface area contributed by atoms with Crippen LogP contribution in [-0.4, -0.2) is 30.9 Å². The van der Waals surface area contributed by atoms with E-state index in [2.05, 4.69) is 0 Å². The second kappa shape index (κ2) is 5.79. The molecular weight excluding hydrogens is 281 g/mol. The Morgan fingerprint density at radius 2 is 1.95 bits per heavy atom. The summed E-state index contributed by atoms with van der Waals surface area (Å²) in [5, 5.41) is 9.13. The fraction of sp³-hybridized carbons (Fsp3) is 0.571. The number of sulfonamides is 1. The summed E-state index contributed by atoms with van der Waals surface area (Å²) in [5.41, 5.74) is 0.248. The van der Waals surface area contributed by atoms with E-state index in [1.165, 1.54) is 23.4 Å². The fourth-order valence-electron chi connectivity index (χ4n) is 2.70. The lowest BCUT2D eigenvalue weighted by Gasteiger charge is -2.24. The molecule has 1 aliphatic rings. The standard InChI is InChI=1S/C14H20FNO3S/c1-10-7-13(8-11(9-17)14(10)15)20(18,19)16(2)12-5-3-4-6-12/h7-8,12,17H,3-6,9H2,1-2H3. The number of halogens is 1. The highest BCUT2D eigenvalue weighted by atomic mass is 32.2. The molecule has 0 unspecified atom stereocenters. The van der Waals surface area contributed by atoms with E-state index in [9.17, 15) is 12.8 Å². The third-order valence-electron chi connectivity index (χ3n) is 3.99. The molecule has 0 amide bonds. The lowest BCUT2D eigenvalue weighted by molar-refractivity contribution is 0.275. The SMILES string of the molecule is Cc1cc(S(=O)(=O)N(C)C2CCCC2)cc(CO)c1F. The van der Waals surface area contributed by atoms with Crippen LogP contribution in [0.2, 0.25) is 0 Å². The Morgan fingerprint density at radius 1 is 1.35 bits per heavy atom. The van der Waals surface area contributed by atoms with Crippen LogP contribution in [0.15, 0.2) is 17.0 Å². The van der Waals surface area contributed by atoms with Crippen molar-refractivity contribution in [2.45, 2.75) is 50.2 Å². The van der Waals surface area contributed by atoms with Crippen molar-refractivity contribution in [1.29, 1.82) is 0 Å². The van der Waals surface area contributed by atoms with Gasteiger partial charge in [0, 0.05) is 18.7 Å². The van der Waals surface area contributed by atoms with Crippen LogP contribution in [0.1, 0.15) is 36.8 Å². The van der Waals surface area contributed by atoms with Gasteiger partial charge < -0.3 is 5.11 Å². The van der Waals surface area contributed by atoms with E-state index in [4.69, 9.17) is 5.11 Å². The molecule has 0 aromatic heterocycles. The molecule has 2 rings (SSSR count). The van der Waals surface area contributed by atoms with Crippen LogP contribution in [-0.2, 0) is 16.6 Å². The lowest BCUT2D eigenvalue weighted by atomic mass is 10.1. The Kier molecular flexibility index (Phi) is 4.46. The molecule has 1 aromatic carbocycles. The number of hydrogen-bond acceptors (Lipinski definition) is 3. The average molecular weight is 301 g/mol. The average Bonchev–Trinajstić information content (AvgIpc) is 2.94. The van der Waals surface area contributed by atoms with Gasteiger partial charge in [-0.2, -0.15) is 4.31 Å². The van der Waals surface area contributed by atoms with Crippen LogP contribution in [0.4, 0.5) is 4.39 Å². The molecule has 1 aliphatic carbocycles. The first kappa shape index (κ1) is 15.4. The number of benzene rings is 1. The van der Waals surface area contributed by atoms with Crippen LogP contribution in [0.3, 0.4) is 0 Å². The normalized spacial score (nSPS) is 17.1. The number of rotatable bonds is 4. The maximum atomic E-state index is 13.7. The number of aryl methyl sites for hydroxylation is 1. The molecular formula is C14H20FNO3S. The van der Waals surface area contributed by atoms with Crippen LogP contribution >= 0.6 is 0 Å². The van der Waals surface area contributed by atoms with Gasteiger partial charge in [-0.05, 0) is 37.5 Å². The highest BCUT2D eigenvalue weighted by Crippen LogP contribution is 2.28. The van der Waals surface area contributed by atoms with Crippen molar-refractivity contribution < 1.29 is 17.9 Å². The van der Waals surface area contributed by atoms with Crippen LogP contribution < -0.4 is 0 Å². The van der Waals surface area contributed by atoms with Crippen LogP contribution in [0, 0.1) is 12.7 Å². The van der Waals surface area contributed by atoms with Crippen molar-refractivity contribution in [2.24, 2.45) is 0 Å². The van der Waals surface area contributed by atoms with E-state index in [1.807, 2.05) is 0 Å². The van der Waals surface area contributed by atoms with Gasteiger partial charge in [-0.1, -0.05) is 12.8 Å². The van der Waals surface area contributed by atoms with Gasteiger partial charge in [0.1, 0.15) is 5.82 Å². The molecule has 1 aromatic rings. The molecule has 0 bridgehead atoms. The summed E-state index contributed by atoms with van der Waals surface area (Å²) in [6, 6.07) is 2.57. The summed E-state index contributed by atoms with van der Waals surface area (Å²) >= 11 is 0. The minimum absolute atomic E-state index is 0.0166. The molecule has 1 saturated carbocycles. The van der Waals surface area contributed by atoms with Crippen molar-refractivity contribution in [3.8, 4) is 0 Å². The van der Waals surface area contributed by atoms with Crippen molar-refractivity contribution >= 4 is 10.0 Å². The van der Waals surface area contributed by atoms with Crippen LogP contribution in [0.5, 0.6) is 0 Å². The summed E-state index contributed by atoms with van der Waals surface area (Å²) in [7, 11) is -2.07. The molecule has 6 heteroatoms. The Hall–Kier alpha value is -0.980. The molecule has 20 heavy (non-hydrogen) atoms. The third kappa shape index (κ3) is 2.73. The summed E-state index contributed by atoms with van der Waals surface area (Å²) in [6.45, 7) is 0.992. The van der Waals surface area contributed by atoms with Gasteiger partial charge in [-0.3, -0.25) is 0 Å². The first-order valence-electron chi connectivity index (χ1n) is 6.76. The molecule has 0 atom stereocenters. The predicted molar refractivity (Wildman–Crippen MR) is 74.3 cm³/mol. The van der Waals surface area contributed by atoms with Gasteiger partial charge in [0.25, 0.3) is 0 Å². The minimum atomic E-state index is -3.64. The first-order chi connectivity index (χ1) is 9.37. The lowest BCUT2D eigenvalue weighted by Crippen LogP contribution is -2.35. The highest BCUT2D eigenvalue weighted by molar-refractivity contribution is 7.89. The monoisotopic (exact) mass is 301 g/mol. The van der Waals surface area contributed by atoms with E-state index in [-0.39, 0.29) is 22.1 Å². The zero-order chi connectivity index (χ0) is 14.9. The van der Waals surface area contributed by atoms with E-state index in [1.54, 1.807) is 7.05 Å². The molecule has 0 aliphatic heterocycles. The molecule has 1 N–H and O–H groups in total. The quantitative estimate of drug-likeness (QED) is 0.927. The minimum Gasteiger partial charge on any atom is -0.392 e. The van der Waals surface area contributed by atoms with Gasteiger partial charge in [0.2, 0.25) is 10.0 Å². The Bertz CT molecular complexity index is 595. The van der Waals surface area contributed by atoms with Crippen molar-refractivity contribution in [2.75, 3.05) is 7.05 Å². The van der Waals surface area contributed by atoms with Crippen molar-refractivity contribution in [3.63, 3.8) is 0 Å².